The first-order chi connectivity index (χ1) is 13.7. The summed E-state index contributed by atoms with van der Waals surface area (Å²) in [6.07, 6.45) is 3.34. The van der Waals surface area contributed by atoms with Gasteiger partial charge in [0.2, 0.25) is 6.79 Å². The lowest BCUT2D eigenvalue weighted by atomic mass is 10.2. The highest BCUT2D eigenvalue weighted by molar-refractivity contribution is 5.94. The van der Waals surface area contributed by atoms with E-state index in [-0.39, 0.29) is 12.7 Å². The summed E-state index contributed by atoms with van der Waals surface area (Å²) in [7, 11) is 1.98. The fourth-order valence-corrected chi connectivity index (χ4v) is 3.04. The molecule has 1 amide bonds. The summed E-state index contributed by atoms with van der Waals surface area (Å²) in [5.41, 5.74) is 3.56. The molecule has 3 aromatic rings. The average Bonchev–Trinajstić information content (AvgIpc) is 3.20. The third-order valence-electron chi connectivity index (χ3n) is 4.58. The zero-order valence-electron chi connectivity index (χ0n) is 15.6. The number of carbonyl (C=O) groups is 1. The van der Waals surface area contributed by atoms with E-state index < -0.39 is 0 Å². The molecule has 4 rings (SSSR count). The number of pyridine rings is 1. The first-order valence-electron chi connectivity index (χ1n) is 9.06. The van der Waals surface area contributed by atoms with E-state index in [4.69, 9.17) is 9.47 Å². The van der Waals surface area contributed by atoms with Gasteiger partial charge in [-0.3, -0.25) is 9.78 Å². The monoisotopic (exact) mass is 375 g/mol. The van der Waals surface area contributed by atoms with Crippen LogP contribution in [-0.4, -0.2) is 24.7 Å². The molecule has 2 aromatic carbocycles. The molecule has 28 heavy (non-hydrogen) atoms. The van der Waals surface area contributed by atoms with Crippen molar-refractivity contribution in [3.63, 3.8) is 0 Å². The number of aromatic nitrogens is 1. The first kappa shape index (κ1) is 17.9. The fraction of sp³-hybridized carbons (Fsp3) is 0.182. The maximum Gasteiger partial charge on any atom is 0.253 e. The summed E-state index contributed by atoms with van der Waals surface area (Å²) < 4.78 is 10.7. The predicted molar refractivity (Wildman–Crippen MR) is 107 cm³/mol. The van der Waals surface area contributed by atoms with Crippen molar-refractivity contribution < 1.29 is 14.3 Å². The first-order valence-corrected chi connectivity index (χ1v) is 9.06. The van der Waals surface area contributed by atoms with E-state index in [2.05, 4.69) is 27.3 Å². The largest absolute Gasteiger partial charge is 0.454 e. The molecule has 0 fully saturated rings. The molecule has 6 heteroatoms. The molecule has 0 aliphatic carbocycles. The molecular formula is C22H21N3O3. The van der Waals surface area contributed by atoms with Crippen molar-refractivity contribution in [3.8, 4) is 11.5 Å². The van der Waals surface area contributed by atoms with Gasteiger partial charge in [-0.05, 0) is 29.3 Å². The van der Waals surface area contributed by atoms with Gasteiger partial charge < -0.3 is 19.7 Å². The third kappa shape index (κ3) is 4.06. The van der Waals surface area contributed by atoms with Crippen LogP contribution in [0.5, 0.6) is 11.5 Å². The molecule has 1 aliphatic heterocycles. The minimum atomic E-state index is -0.167. The van der Waals surface area contributed by atoms with Crippen molar-refractivity contribution in [2.75, 3.05) is 18.7 Å². The van der Waals surface area contributed by atoms with Crippen molar-refractivity contribution >= 4 is 11.6 Å². The Morgan fingerprint density at radius 2 is 1.86 bits per heavy atom. The highest BCUT2D eigenvalue weighted by Crippen LogP contribution is 2.32. The molecular weight excluding hydrogens is 354 g/mol. The van der Waals surface area contributed by atoms with Crippen LogP contribution >= 0.6 is 0 Å². The van der Waals surface area contributed by atoms with Gasteiger partial charge in [0.05, 0.1) is 17.4 Å². The van der Waals surface area contributed by atoms with Gasteiger partial charge in [-0.1, -0.05) is 36.4 Å². The summed E-state index contributed by atoms with van der Waals surface area (Å²) in [6, 6.07) is 17.7. The molecule has 0 spiro atoms. The van der Waals surface area contributed by atoms with Gasteiger partial charge in [0.1, 0.15) is 0 Å². The third-order valence-corrected chi connectivity index (χ3v) is 4.58. The molecule has 0 saturated carbocycles. The molecule has 0 saturated heterocycles. The summed E-state index contributed by atoms with van der Waals surface area (Å²) in [4.78, 5) is 18.9. The standard InChI is InChI=1S/C22H21N3O3/c1-25(14-16-5-3-2-4-6-16)19-10-18(12-23-13-19)22(26)24-11-17-7-8-20-21(9-17)28-15-27-20/h2-10,12-13H,11,14-15H2,1H3,(H,24,26). The molecule has 0 atom stereocenters. The molecule has 1 aromatic heterocycles. The lowest BCUT2D eigenvalue weighted by Crippen LogP contribution is -2.24. The van der Waals surface area contributed by atoms with Crippen LogP contribution < -0.4 is 19.7 Å². The van der Waals surface area contributed by atoms with E-state index >= 15 is 0 Å². The summed E-state index contributed by atoms with van der Waals surface area (Å²) in [6.45, 7) is 1.38. The highest BCUT2D eigenvalue weighted by atomic mass is 16.7. The Hall–Kier alpha value is -3.54. The normalized spacial score (nSPS) is 11.9. The van der Waals surface area contributed by atoms with Crippen LogP contribution in [0.4, 0.5) is 5.69 Å². The van der Waals surface area contributed by atoms with Crippen molar-refractivity contribution in [1.29, 1.82) is 0 Å². The SMILES string of the molecule is CN(Cc1ccccc1)c1cncc(C(=O)NCc2ccc3c(c2)OCO3)c1. The fourth-order valence-electron chi connectivity index (χ4n) is 3.04. The molecule has 0 bridgehead atoms. The maximum atomic E-state index is 12.6. The minimum absolute atomic E-state index is 0.167. The van der Waals surface area contributed by atoms with Crippen LogP contribution in [0, 0.1) is 0 Å². The van der Waals surface area contributed by atoms with Crippen LogP contribution in [0.25, 0.3) is 0 Å². The number of hydrogen-bond donors (Lipinski definition) is 1. The van der Waals surface area contributed by atoms with E-state index in [1.807, 2.05) is 49.5 Å². The number of nitrogens with one attached hydrogen (secondary N) is 1. The molecule has 0 radical (unpaired) electrons. The number of hydrogen-bond acceptors (Lipinski definition) is 5. The zero-order valence-corrected chi connectivity index (χ0v) is 15.6. The van der Waals surface area contributed by atoms with E-state index in [1.165, 1.54) is 5.56 Å². The van der Waals surface area contributed by atoms with Crippen molar-refractivity contribution in [3.05, 3.63) is 83.7 Å². The van der Waals surface area contributed by atoms with E-state index in [0.717, 1.165) is 23.5 Å². The number of amides is 1. The molecule has 1 N–H and O–H groups in total. The molecule has 1 aliphatic rings. The maximum absolute atomic E-state index is 12.6. The Balaban J connectivity index is 1.40. The van der Waals surface area contributed by atoms with E-state index in [1.54, 1.807) is 12.4 Å². The quantitative estimate of drug-likeness (QED) is 0.716. The van der Waals surface area contributed by atoms with Gasteiger partial charge in [0.25, 0.3) is 5.91 Å². The number of ether oxygens (including phenoxy) is 2. The van der Waals surface area contributed by atoms with Crippen LogP contribution in [0.15, 0.2) is 67.0 Å². The summed E-state index contributed by atoms with van der Waals surface area (Å²) in [5, 5.41) is 2.93. The van der Waals surface area contributed by atoms with Gasteiger partial charge in [-0.2, -0.15) is 0 Å². The second-order valence-electron chi connectivity index (χ2n) is 6.64. The number of nitrogens with zero attached hydrogens (tertiary/aromatic N) is 2. The van der Waals surface area contributed by atoms with Gasteiger partial charge in [-0.15, -0.1) is 0 Å². The van der Waals surface area contributed by atoms with E-state index in [9.17, 15) is 4.79 Å². The molecule has 0 unspecified atom stereocenters. The van der Waals surface area contributed by atoms with Gasteiger partial charge in [0, 0.05) is 26.3 Å². The minimum Gasteiger partial charge on any atom is -0.454 e. The highest BCUT2D eigenvalue weighted by Gasteiger charge is 2.14. The number of rotatable bonds is 6. The molecule has 6 nitrogen and oxygen atoms in total. The Morgan fingerprint density at radius 3 is 2.71 bits per heavy atom. The topological polar surface area (TPSA) is 63.7 Å². The number of fused-ring (bicyclic) bond motifs is 1. The van der Waals surface area contributed by atoms with Crippen molar-refractivity contribution in [1.82, 2.24) is 10.3 Å². The second-order valence-corrected chi connectivity index (χ2v) is 6.64. The zero-order chi connectivity index (χ0) is 19.3. The lowest BCUT2D eigenvalue weighted by Gasteiger charge is -2.19. The number of benzene rings is 2. The van der Waals surface area contributed by atoms with Gasteiger partial charge >= 0.3 is 0 Å². The van der Waals surface area contributed by atoms with Crippen LogP contribution in [0.2, 0.25) is 0 Å². The Bertz CT molecular complexity index is 976. The van der Waals surface area contributed by atoms with Gasteiger partial charge in [0.15, 0.2) is 11.5 Å². The van der Waals surface area contributed by atoms with E-state index in [0.29, 0.717) is 17.9 Å². The van der Waals surface area contributed by atoms with Crippen molar-refractivity contribution in [2.24, 2.45) is 0 Å². The molecule has 2 heterocycles. The Kier molecular flexibility index (Phi) is 5.10. The van der Waals surface area contributed by atoms with Crippen LogP contribution in [-0.2, 0) is 13.1 Å². The van der Waals surface area contributed by atoms with Crippen LogP contribution in [0.1, 0.15) is 21.5 Å². The Morgan fingerprint density at radius 1 is 1.04 bits per heavy atom. The smallest absolute Gasteiger partial charge is 0.253 e. The number of carbonyl (C=O) groups excluding carboxylic acids is 1. The second kappa shape index (κ2) is 8.00. The van der Waals surface area contributed by atoms with Crippen LogP contribution in [0.3, 0.4) is 0 Å². The summed E-state index contributed by atoms with van der Waals surface area (Å²) in [5.74, 6) is 1.27. The number of anilines is 1. The predicted octanol–water partition coefficient (Wildman–Crippen LogP) is 3.38. The van der Waals surface area contributed by atoms with Gasteiger partial charge in [-0.25, -0.2) is 0 Å². The van der Waals surface area contributed by atoms with Crippen molar-refractivity contribution in [2.45, 2.75) is 13.1 Å². The Labute approximate surface area is 163 Å². The average molecular weight is 375 g/mol. The summed E-state index contributed by atoms with van der Waals surface area (Å²) >= 11 is 0. The molecule has 142 valence electrons. The lowest BCUT2D eigenvalue weighted by molar-refractivity contribution is 0.0950.